The Morgan fingerprint density at radius 3 is 2.39 bits per heavy atom. The molecule has 18 heavy (non-hydrogen) atoms. The van der Waals surface area contributed by atoms with Crippen molar-refractivity contribution in [3.8, 4) is 0 Å². The van der Waals surface area contributed by atoms with Crippen LogP contribution in [0.1, 0.15) is 33.6 Å². The monoisotopic (exact) mass is 253 g/mol. The number of piperidine rings is 1. The van der Waals surface area contributed by atoms with Crippen LogP contribution in [0.3, 0.4) is 0 Å². The molecule has 2 saturated carbocycles. The summed E-state index contributed by atoms with van der Waals surface area (Å²) in [5, 5.41) is 9.34. The summed E-state index contributed by atoms with van der Waals surface area (Å²) in [5.41, 5.74) is -0.578. The molecule has 1 amide bonds. The largest absolute Gasteiger partial charge is 0.480 e. The minimum Gasteiger partial charge on any atom is -0.480 e. The van der Waals surface area contributed by atoms with E-state index in [1.54, 1.807) is 20.8 Å². The van der Waals surface area contributed by atoms with Crippen molar-refractivity contribution in [3.05, 3.63) is 0 Å². The van der Waals surface area contributed by atoms with Gasteiger partial charge in [0, 0.05) is 6.04 Å². The Morgan fingerprint density at radius 1 is 1.17 bits per heavy atom. The number of carbonyl (C=O) groups excluding carboxylic acids is 1. The second kappa shape index (κ2) is 3.39. The number of hydrogen-bond acceptors (Lipinski definition) is 3. The van der Waals surface area contributed by atoms with Crippen LogP contribution < -0.4 is 0 Å². The molecule has 0 aromatic carbocycles. The zero-order valence-electron chi connectivity index (χ0n) is 10.9. The van der Waals surface area contributed by atoms with Crippen LogP contribution in [0.25, 0.3) is 0 Å². The highest BCUT2D eigenvalue weighted by molar-refractivity contribution is 5.82. The summed E-state index contributed by atoms with van der Waals surface area (Å²) in [4.78, 5) is 25.0. The number of carboxylic acids is 1. The van der Waals surface area contributed by atoms with Crippen LogP contribution in [0.15, 0.2) is 0 Å². The molecule has 5 atom stereocenters. The Hall–Kier alpha value is -1.26. The van der Waals surface area contributed by atoms with Crippen molar-refractivity contribution in [1.29, 1.82) is 0 Å². The fraction of sp³-hybridized carbons (Fsp3) is 0.846. The van der Waals surface area contributed by atoms with E-state index in [4.69, 9.17) is 4.74 Å². The van der Waals surface area contributed by atoms with E-state index in [9.17, 15) is 14.7 Å². The lowest BCUT2D eigenvalue weighted by Crippen LogP contribution is -2.51. The molecule has 3 aliphatic rings. The normalized spacial score (nSPS) is 40.6. The van der Waals surface area contributed by atoms with Crippen LogP contribution >= 0.6 is 0 Å². The third kappa shape index (κ3) is 1.60. The lowest BCUT2D eigenvalue weighted by atomic mass is 9.97. The number of likely N-dealkylation sites (tertiary alicyclic amines) is 1. The molecule has 5 unspecified atom stereocenters. The number of hydrogen-bond donors (Lipinski definition) is 1. The summed E-state index contributed by atoms with van der Waals surface area (Å²) >= 11 is 0. The van der Waals surface area contributed by atoms with E-state index >= 15 is 0 Å². The standard InChI is InChI=1S/C13H19NO4/c1-13(2,3)18-12(17)14-9-5-8(6-4-7(6)9)10(14)11(15)16/h6-10H,4-5H2,1-3H3,(H,15,16). The molecule has 1 aliphatic heterocycles. The van der Waals surface area contributed by atoms with E-state index < -0.39 is 23.7 Å². The second-order valence-corrected chi connectivity index (χ2v) is 6.70. The van der Waals surface area contributed by atoms with Gasteiger partial charge in [0.15, 0.2) is 0 Å². The van der Waals surface area contributed by atoms with Crippen molar-refractivity contribution in [2.45, 2.75) is 51.3 Å². The van der Waals surface area contributed by atoms with Gasteiger partial charge in [-0.15, -0.1) is 0 Å². The number of fused-ring (bicyclic) bond motifs is 5. The first-order chi connectivity index (χ1) is 8.29. The third-order valence-corrected chi connectivity index (χ3v) is 4.37. The molecule has 100 valence electrons. The van der Waals surface area contributed by atoms with Gasteiger partial charge in [-0.05, 0) is 51.4 Å². The van der Waals surface area contributed by atoms with Gasteiger partial charge in [0.2, 0.25) is 0 Å². The molecule has 1 heterocycles. The average Bonchev–Trinajstić information content (AvgIpc) is 2.81. The molecule has 5 nitrogen and oxygen atoms in total. The van der Waals surface area contributed by atoms with Crippen LogP contribution in [-0.2, 0) is 9.53 Å². The van der Waals surface area contributed by atoms with Gasteiger partial charge in [-0.3, -0.25) is 4.90 Å². The molecule has 1 N–H and O–H groups in total. The van der Waals surface area contributed by atoms with Crippen LogP contribution in [0.2, 0.25) is 0 Å². The lowest BCUT2D eigenvalue weighted by Gasteiger charge is -2.34. The van der Waals surface area contributed by atoms with Gasteiger partial charge in [0.1, 0.15) is 11.6 Å². The number of carboxylic acid groups (broad SMARTS) is 1. The lowest BCUT2D eigenvalue weighted by molar-refractivity contribution is -0.145. The first kappa shape index (κ1) is 11.8. The third-order valence-electron chi connectivity index (χ3n) is 4.37. The Balaban J connectivity index is 1.82. The number of aliphatic carboxylic acids is 1. The predicted octanol–water partition coefficient (Wildman–Crippen LogP) is 1.71. The number of rotatable bonds is 1. The van der Waals surface area contributed by atoms with Gasteiger partial charge >= 0.3 is 12.1 Å². The van der Waals surface area contributed by atoms with Gasteiger partial charge in [-0.2, -0.15) is 0 Å². The van der Waals surface area contributed by atoms with Crippen molar-refractivity contribution >= 4 is 12.1 Å². The Labute approximate surface area is 106 Å². The summed E-state index contributed by atoms with van der Waals surface area (Å²) in [6.07, 6.45) is 1.46. The Morgan fingerprint density at radius 2 is 1.83 bits per heavy atom. The topological polar surface area (TPSA) is 66.8 Å². The highest BCUT2D eigenvalue weighted by atomic mass is 16.6. The van der Waals surface area contributed by atoms with Gasteiger partial charge < -0.3 is 9.84 Å². The van der Waals surface area contributed by atoms with Crippen LogP contribution in [-0.4, -0.2) is 39.8 Å². The number of nitrogens with zero attached hydrogens (tertiary/aromatic N) is 1. The van der Waals surface area contributed by atoms with E-state index in [1.165, 1.54) is 4.90 Å². The maximum Gasteiger partial charge on any atom is 0.411 e. The molecule has 0 aromatic rings. The molecule has 3 fully saturated rings. The molecular weight excluding hydrogens is 234 g/mol. The van der Waals surface area contributed by atoms with Crippen LogP contribution in [0, 0.1) is 17.8 Å². The van der Waals surface area contributed by atoms with E-state index in [0.717, 1.165) is 12.8 Å². The first-order valence-electron chi connectivity index (χ1n) is 6.54. The second-order valence-electron chi connectivity index (χ2n) is 6.70. The molecular formula is C13H19NO4. The zero-order chi connectivity index (χ0) is 13.2. The first-order valence-corrected chi connectivity index (χ1v) is 6.54. The Bertz CT molecular complexity index is 414. The quantitative estimate of drug-likeness (QED) is 0.772. The van der Waals surface area contributed by atoms with E-state index in [-0.39, 0.29) is 12.0 Å². The molecule has 0 aromatic heterocycles. The predicted molar refractivity (Wildman–Crippen MR) is 63.0 cm³/mol. The van der Waals surface area contributed by atoms with Crippen molar-refractivity contribution < 1.29 is 19.4 Å². The summed E-state index contributed by atoms with van der Waals surface area (Å²) in [5.74, 6) is 0.316. The number of carbonyl (C=O) groups is 2. The zero-order valence-corrected chi connectivity index (χ0v) is 10.9. The molecule has 0 radical (unpaired) electrons. The van der Waals surface area contributed by atoms with Crippen LogP contribution in [0.5, 0.6) is 0 Å². The van der Waals surface area contributed by atoms with Crippen molar-refractivity contribution in [2.24, 2.45) is 17.8 Å². The SMILES string of the molecule is CC(C)(C)OC(=O)N1C2CC(C3CC32)C1C(=O)O. The highest BCUT2D eigenvalue weighted by Crippen LogP contribution is 2.63. The van der Waals surface area contributed by atoms with E-state index in [1.807, 2.05) is 0 Å². The van der Waals surface area contributed by atoms with Crippen molar-refractivity contribution in [3.63, 3.8) is 0 Å². The van der Waals surface area contributed by atoms with Crippen LogP contribution in [0.4, 0.5) is 4.79 Å². The highest BCUT2D eigenvalue weighted by Gasteiger charge is 2.68. The minimum atomic E-state index is -0.890. The fourth-order valence-electron chi connectivity index (χ4n) is 3.76. The summed E-state index contributed by atoms with van der Waals surface area (Å²) in [6, 6.07) is -0.579. The Kier molecular flexibility index (Phi) is 2.23. The minimum absolute atomic E-state index is 0.0935. The van der Waals surface area contributed by atoms with Crippen molar-refractivity contribution in [1.82, 2.24) is 4.90 Å². The summed E-state index contributed by atoms with van der Waals surface area (Å²) < 4.78 is 5.35. The molecule has 0 spiro atoms. The maximum atomic E-state index is 12.2. The summed E-state index contributed by atoms with van der Waals surface area (Å²) in [7, 11) is 0. The smallest absolute Gasteiger partial charge is 0.411 e. The van der Waals surface area contributed by atoms with Gasteiger partial charge in [0.05, 0.1) is 0 Å². The number of ether oxygens (including phenoxy) is 1. The van der Waals surface area contributed by atoms with E-state index in [0.29, 0.717) is 11.8 Å². The maximum absolute atomic E-state index is 12.2. The molecule has 1 saturated heterocycles. The van der Waals surface area contributed by atoms with Gasteiger partial charge in [-0.25, -0.2) is 9.59 Å². The van der Waals surface area contributed by atoms with Crippen molar-refractivity contribution in [2.75, 3.05) is 0 Å². The molecule has 2 bridgehead atoms. The molecule has 5 heteroatoms. The van der Waals surface area contributed by atoms with Gasteiger partial charge in [0.25, 0.3) is 0 Å². The molecule has 2 aliphatic carbocycles. The molecule has 3 rings (SSSR count). The summed E-state index contributed by atoms with van der Waals surface area (Å²) in [6.45, 7) is 5.40. The number of amides is 1. The fourth-order valence-corrected chi connectivity index (χ4v) is 3.76. The van der Waals surface area contributed by atoms with Gasteiger partial charge in [-0.1, -0.05) is 0 Å². The van der Waals surface area contributed by atoms with E-state index in [2.05, 4.69) is 0 Å². The average molecular weight is 253 g/mol.